The number of ether oxygens (including phenoxy) is 2. The average Bonchev–Trinajstić information content (AvgIpc) is 2.87. The van der Waals surface area contributed by atoms with Gasteiger partial charge in [0.05, 0.1) is 0 Å². The Labute approximate surface area is 199 Å². The van der Waals surface area contributed by atoms with E-state index in [1.165, 1.54) is 44.2 Å². The molecule has 0 N–H and O–H groups in total. The molecule has 0 spiro atoms. The van der Waals surface area contributed by atoms with Gasteiger partial charge in [-0.2, -0.15) is 0 Å². The van der Waals surface area contributed by atoms with E-state index in [1.54, 1.807) is 0 Å². The van der Waals surface area contributed by atoms with Crippen molar-refractivity contribution in [1.29, 1.82) is 0 Å². The van der Waals surface area contributed by atoms with Crippen molar-refractivity contribution in [2.75, 3.05) is 0 Å². The maximum Gasteiger partial charge on any atom is 0.136 e. The molecule has 2 atom stereocenters. The van der Waals surface area contributed by atoms with Crippen LogP contribution in [0.5, 0.6) is 11.5 Å². The molecule has 5 aromatic carbocycles. The Hall–Kier alpha value is -3.78. The van der Waals surface area contributed by atoms with Gasteiger partial charge in [0.15, 0.2) is 0 Å². The van der Waals surface area contributed by atoms with E-state index in [-0.39, 0.29) is 12.2 Å². The number of rotatable bonds is 2. The van der Waals surface area contributed by atoms with Gasteiger partial charge in [0.2, 0.25) is 0 Å². The number of hydrogen-bond donors (Lipinski definition) is 0. The topological polar surface area (TPSA) is 18.5 Å². The number of fused-ring (bicyclic) bond motifs is 2. The molecule has 0 aromatic heterocycles. The van der Waals surface area contributed by atoms with Gasteiger partial charge >= 0.3 is 0 Å². The van der Waals surface area contributed by atoms with Gasteiger partial charge in [-0.1, -0.05) is 96.1 Å². The van der Waals surface area contributed by atoms with Crippen molar-refractivity contribution in [2.24, 2.45) is 0 Å². The van der Waals surface area contributed by atoms with Gasteiger partial charge in [-0.05, 0) is 36.1 Å². The van der Waals surface area contributed by atoms with E-state index >= 15 is 0 Å². The van der Waals surface area contributed by atoms with Crippen molar-refractivity contribution in [3.8, 4) is 11.5 Å². The van der Waals surface area contributed by atoms with E-state index in [0.29, 0.717) is 0 Å². The summed E-state index contributed by atoms with van der Waals surface area (Å²) in [5, 5.41) is 4.73. The first kappa shape index (κ1) is 19.7. The van der Waals surface area contributed by atoms with Crippen molar-refractivity contribution in [2.45, 2.75) is 38.9 Å². The zero-order valence-corrected chi connectivity index (χ0v) is 19.5. The second-order valence-electron chi connectivity index (χ2n) is 9.78. The van der Waals surface area contributed by atoms with E-state index in [4.69, 9.17) is 9.47 Å². The monoisotopic (exact) mass is 442 g/mol. The maximum absolute atomic E-state index is 6.79. The lowest BCUT2D eigenvalue weighted by Crippen LogP contribution is -2.19. The molecule has 0 radical (unpaired) electrons. The van der Waals surface area contributed by atoms with E-state index < -0.39 is 0 Å². The number of aryl methyl sites for hydroxylation is 2. The summed E-state index contributed by atoms with van der Waals surface area (Å²) >= 11 is 0. The Morgan fingerprint density at radius 1 is 0.529 bits per heavy atom. The highest BCUT2D eigenvalue weighted by Gasteiger charge is 2.31. The van der Waals surface area contributed by atoms with Crippen molar-refractivity contribution >= 4 is 21.5 Å². The molecule has 2 aliphatic rings. The van der Waals surface area contributed by atoms with Gasteiger partial charge in [0.1, 0.15) is 23.7 Å². The molecule has 0 bridgehead atoms. The molecule has 2 nitrogen and oxygen atoms in total. The molecule has 2 heteroatoms. The molecule has 5 aromatic rings. The molecular weight excluding hydrogens is 416 g/mol. The van der Waals surface area contributed by atoms with Crippen LogP contribution in [0.1, 0.15) is 45.6 Å². The van der Waals surface area contributed by atoms with Crippen LogP contribution in [-0.4, -0.2) is 0 Å². The third-order valence-corrected chi connectivity index (χ3v) is 7.47. The zero-order chi connectivity index (χ0) is 22.8. The number of hydrogen-bond acceptors (Lipinski definition) is 2. The van der Waals surface area contributed by atoms with E-state index in [0.717, 1.165) is 35.1 Å². The summed E-state index contributed by atoms with van der Waals surface area (Å²) in [4.78, 5) is 0. The molecule has 0 saturated heterocycles. The lowest BCUT2D eigenvalue weighted by Gasteiger charge is -2.33. The molecule has 2 heterocycles. The highest BCUT2D eigenvalue weighted by Crippen LogP contribution is 2.52. The fraction of sp³-hybridized carbons (Fsp3) is 0.188. The highest BCUT2D eigenvalue weighted by molar-refractivity contribution is 6.13. The smallest absolute Gasteiger partial charge is 0.136 e. The van der Waals surface area contributed by atoms with Crippen molar-refractivity contribution in [1.82, 2.24) is 0 Å². The molecular formula is C32H26O2. The van der Waals surface area contributed by atoms with E-state index in [9.17, 15) is 0 Å². The van der Waals surface area contributed by atoms with E-state index in [1.807, 2.05) is 0 Å². The van der Waals surface area contributed by atoms with E-state index in [2.05, 4.69) is 98.8 Å². The quantitative estimate of drug-likeness (QED) is 0.258. The second-order valence-corrected chi connectivity index (χ2v) is 9.78. The average molecular weight is 443 g/mol. The van der Waals surface area contributed by atoms with Crippen molar-refractivity contribution < 1.29 is 9.47 Å². The van der Waals surface area contributed by atoms with Crippen LogP contribution in [0, 0.1) is 13.8 Å². The Morgan fingerprint density at radius 3 is 1.35 bits per heavy atom. The first-order chi connectivity index (χ1) is 16.7. The minimum Gasteiger partial charge on any atom is -0.484 e. The van der Waals surface area contributed by atoms with Crippen LogP contribution in [0.2, 0.25) is 0 Å². The molecule has 166 valence electrons. The van der Waals surface area contributed by atoms with Gasteiger partial charge in [0, 0.05) is 34.4 Å². The minimum atomic E-state index is 0.0144. The SMILES string of the molecule is Cc1ccc(C2Cc3cccc4c5c6c(cccc6c(c34)O2)CC(c2ccc(C)cc2)O5)cc1. The van der Waals surface area contributed by atoms with Crippen LogP contribution in [0.4, 0.5) is 0 Å². The molecule has 7 rings (SSSR count). The molecule has 2 unspecified atom stereocenters. The van der Waals surface area contributed by atoms with Gasteiger partial charge < -0.3 is 9.47 Å². The Balaban J connectivity index is 1.42. The molecule has 0 fully saturated rings. The normalized spacial score (nSPS) is 18.5. The van der Waals surface area contributed by atoms with Crippen LogP contribution >= 0.6 is 0 Å². The molecule has 0 saturated carbocycles. The minimum absolute atomic E-state index is 0.0144. The van der Waals surface area contributed by atoms with Crippen molar-refractivity contribution in [3.05, 3.63) is 118 Å². The molecule has 0 amide bonds. The van der Waals surface area contributed by atoms with Gasteiger partial charge in [-0.3, -0.25) is 0 Å². The fourth-order valence-electron chi connectivity index (χ4n) is 5.67. The molecule has 0 aliphatic carbocycles. The second kappa shape index (κ2) is 7.36. The summed E-state index contributed by atoms with van der Waals surface area (Å²) < 4.78 is 13.6. The third kappa shape index (κ3) is 2.95. The lowest BCUT2D eigenvalue weighted by atomic mass is 9.86. The highest BCUT2D eigenvalue weighted by atomic mass is 16.5. The van der Waals surface area contributed by atoms with Gasteiger partial charge in [-0.15, -0.1) is 0 Å². The Morgan fingerprint density at radius 2 is 0.941 bits per heavy atom. The summed E-state index contributed by atoms with van der Waals surface area (Å²) in [6, 6.07) is 30.7. The van der Waals surface area contributed by atoms with Crippen molar-refractivity contribution in [3.63, 3.8) is 0 Å². The van der Waals surface area contributed by atoms with Gasteiger partial charge in [-0.25, -0.2) is 0 Å². The lowest BCUT2D eigenvalue weighted by molar-refractivity contribution is 0.199. The molecule has 34 heavy (non-hydrogen) atoms. The van der Waals surface area contributed by atoms with Crippen LogP contribution in [0.15, 0.2) is 84.9 Å². The third-order valence-electron chi connectivity index (χ3n) is 7.47. The summed E-state index contributed by atoms with van der Waals surface area (Å²) in [7, 11) is 0. The predicted octanol–water partition coefficient (Wildman–Crippen LogP) is 7.96. The predicted molar refractivity (Wildman–Crippen MR) is 138 cm³/mol. The van der Waals surface area contributed by atoms with Crippen LogP contribution in [0.25, 0.3) is 21.5 Å². The maximum atomic E-state index is 6.79. The summed E-state index contributed by atoms with van der Waals surface area (Å²) in [5.74, 6) is 2.00. The zero-order valence-electron chi connectivity index (χ0n) is 19.5. The van der Waals surface area contributed by atoms with Gasteiger partial charge in [0.25, 0.3) is 0 Å². The standard InChI is InChI=1S/C32H26O2/c1-19-9-13-21(14-10-19)27-17-23-5-3-8-26-29(23)31(33-27)25-7-4-6-24-18-28(34-32(26)30(24)25)22-15-11-20(2)12-16-22/h3-16,27-28H,17-18H2,1-2H3. The molecule has 2 aliphatic heterocycles. The number of benzene rings is 5. The summed E-state index contributed by atoms with van der Waals surface area (Å²) in [5.41, 5.74) is 7.64. The summed E-state index contributed by atoms with van der Waals surface area (Å²) in [6.07, 6.45) is 1.75. The first-order valence-electron chi connectivity index (χ1n) is 12.1. The first-order valence-corrected chi connectivity index (χ1v) is 12.1. The Bertz CT molecular complexity index is 1440. The Kier molecular flexibility index (Phi) is 4.26. The fourth-order valence-corrected chi connectivity index (χ4v) is 5.67. The largest absolute Gasteiger partial charge is 0.484 e. The summed E-state index contributed by atoms with van der Waals surface area (Å²) in [6.45, 7) is 4.25. The van der Waals surface area contributed by atoms with Crippen LogP contribution in [-0.2, 0) is 12.8 Å². The van der Waals surface area contributed by atoms with Crippen LogP contribution in [0.3, 0.4) is 0 Å². The van der Waals surface area contributed by atoms with Crippen LogP contribution < -0.4 is 9.47 Å².